The fourth-order valence-corrected chi connectivity index (χ4v) is 3.73. The van der Waals surface area contributed by atoms with Gasteiger partial charge in [-0.15, -0.1) is 0 Å². The van der Waals surface area contributed by atoms with E-state index in [4.69, 9.17) is 4.98 Å². The molecular formula is C23H16N8. The Morgan fingerprint density at radius 2 is 1.74 bits per heavy atom. The van der Waals surface area contributed by atoms with E-state index in [0.29, 0.717) is 5.82 Å². The van der Waals surface area contributed by atoms with E-state index >= 15 is 0 Å². The van der Waals surface area contributed by atoms with E-state index in [1.165, 1.54) is 0 Å². The zero-order valence-corrected chi connectivity index (χ0v) is 16.5. The number of rotatable bonds is 3. The first-order valence-electron chi connectivity index (χ1n) is 9.77. The van der Waals surface area contributed by atoms with Gasteiger partial charge in [0, 0.05) is 53.1 Å². The highest BCUT2D eigenvalue weighted by Gasteiger charge is 2.16. The maximum absolute atomic E-state index is 4.86. The van der Waals surface area contributed by atoms with E-state index in [2.05, 4.69) is 41.2 Å². The summed E-state index contributed by atoms with van der Waals surface area (Å²) in [5.41, 5.74) is 7.99. The van der Waals surface area contributed by atoms with Gasteiger partial charge < -0.3 is 4.98 Å². The first-order valence-corrected chi connectivity index (χ1v) is 9.77. The molecule has 0 aliphatic carbocycles. The summed E-state index contributed by atoms with van der Waals surface area (Å²) in [5, 5.41) is 8.49. The molecule has 8 heteroatoms. The Morgan fingerprint density at radius 3 is 2.61 bits per heavy atom. The van der Waals surface area contributed by atoms with Crippen LogP contribution in [-0.4, -0.2) is 40.1 Å². The maximum Gasteiger partial charge on any atom is 0.159 e. The predicted molar refractivity (Wildman–Crippen MR) is 118 cm³/mol. The monoisotopic (exact) mass is 404 g/mol. The summed E-state index contributed by atoms with van der Waals surface area (Å²) in [6.07, 6.45) is 12.6. The Balaban J connectivity index is 1.51. The summed E-state index contributed by atoms with van der Waals surface area (Å²) in [7, 11) is 0. The van der Waals surface area contributed by atoms with E-state index in [1.54, 1.807) is 24.8 Å². The fourth-order valence-electron chi connectivity index (χ4n) is 3.73. The number of nitrogens with zero attached hydrogens (tertiary/aromatic N) is 6. The van der Waals surface area contributed by atoms with Crippen molar-refractivity contribution in [3.05, 3.63) is 73.2 Å². The molecule has 6 aromatic rings. The molecule has 0 spiro atoms. The molecule has 148 valence electrons. The molecule has 6 aromatic heterocycles. The van der Waals surface area contributed by atoms with Gasteiger partial charge in [0.15, 0.2) is 5.82 Å². The Labute approximate surface area is 176 Å². The van der Waals surface area contributed by atoms with Gasteiger partial charge >= 0.3 is 0 Å². The number of imidazole rings is 1. The van der Waals surface area contributed by atoms with Crippen LogP contribution in [0, 0.1) is 6.92 Å². The van der Waals surface area contributed by atoms with Crippen LogP contribution in [0.3, 0.4) is 0 Å². The van der Waals surface area contributed by atoms with Gasteiger partial charge in [0.1, 0.15) is 11.2 Å². The molecule has 0 radical (unpaired) electrons. The van der Waals surface area contributed by atoms with Crippen molar-refractivity contribution in [1.29, 1.82) is 0 Å². The quantitative estimate of drug-likeness (QED) is 0.454. The molecule has 6 rings (SSSR count). The third kappa shape index (κ3) is 2.93. The van der Waals surface area contributed by atoms with Crippen molar-refractivity contribution in [1.82, 2.24) is 40.1 Å². The van der Waals surface area contributed by atoms with Gasteiger partial charge in [-0.25, -0.2) is 4.98 Å². The second-order valence-corrected chi connectivity index (χ2v) is 7.35. The Hall–Kier alpha value is -4.46. The second-order valence-electron chi connectivity index (χ2n) is 7.35. The van der Waals surface area contributed by atoms with Crippen LogP contribution in [0.5, 0.6) is 0 Å². The number of aromatic nitrogens is 8. The molecule has 0 bridgehead atoms. The minimum absolute atomic E-state index is 0.666. The second kappa shape index (κ2) is 6.81. The van der Waals surface area contributed by atoms with Crippen molar-refractivity contribution in [2.24, 2.45) is 0 Å². The number of fused-ring (bicyclic) bond motifs is 2. The molecule has 31 heavy (non-hydrogen) atoms. The minimum atomic E-state index is 0.666. The fraction of sp³-hybridized carbons (Fsp3) is 0.0435. The maximum atomic E-state index is 4.86. The van der Waals surface area contributed by atoms with Crippen molar-refractivity contribution in [3.63, 3.8) is 0 Å². The summed E-state index contributed by atoms with van der Waals surface area (Å²) >= 11 is 0. The largest absolute Gasteiger partial charge is 0.335 e. The van der Waals surface area contributed by atoms with Gasteiger partial charge in [-0.3, -0.25) is 25.0 Å². The average molecular weight is 404 g/mol. The first-order chi connectivity index (χ1) is 15.3. The van der Waals surface area contributed by atoms with Crippen LogP contribution >= 0.6 is 0 Å². The van der Waals surface area contributed by atoms with Crippen molar-refractivity contribution in [2.45, 2.75) is 6.92 Å². The lowest BCUT2D eigenvalue weighted by molar-refractivity contribution is 1.10. The van der Waals surface area contributed by atoms with Gasteiger partial charge in [-0.1, -0.05) is 6.07 Å². The van der Waals surface area contributed by atoms with Gasteiger partial charge in [0.2, 0.25) is 0 Å². The Kier molecular flexibility index (Phi) is 3.82. The topological polar surface area (TPSA) is 109 Å². The number of pyridine rings is 4. The molecular weight excluding hydrogens is 388 g/mol. The predicted octanol–water partition coefficient (Wildman–Crippen LogP) is 4.33. The molecule has 0 amide bonds. The Morgan fingerprint density at radius 1 is 0.839 bits per heavy atom. The number of aromatic amines is 2. The summed E-state index contributed by atoms with van der Waals surface area (Å²) < 4.78 is 0. The highest BCUT2D eigenvalue weighted by molar-refractivity contribution is 5.97. The number of hydrogen-bond acceptors (Lipinski definition) is 6. The average Bonchev–Trinajstić information content (AvgIpc) is 3.43. The zero-order chi connectivity index (χ0) is 20.8. The van der Waals surface area contributed by atoms with Crippen LogP contribution in [0.4, 0.5) is 0 Å². The third-order valence-electron chi connectivity index (χ3n) is 5.21. The lowest BCUT2D eigenvalue weighted by atomic mass is 10.1. The molecule has 2 N–H and O–H groups in total. The summed E-state index contributed by atoms with van der Waals surface area (Å²) in [6.45, 7) is 2.01. The highest BCUT2D eigenvalue weighted by Crippen LogP contribution is 2.31. The van der Waals surface area contributed by atoms with E-state index < -0.39 is 0 Å². The smallest absolute Gasteiger partial charge is 0.159 e. The number of H-pyrrole nitrogens is 2. The molecule has 0 aliphatic rings. The summed E-state index contributed by atoms with van der Waals surface area (Å²) in [6, 6.07) is 7.97. The molecule has 0 unspecified atom stereocenters. The lowest BCUT2D eigenvalue weighted by Crippen LogP contribution is -1.87. The standard InChI is InChI=1S/C23H16N8/c1-13-5-15(9-25-7-13)18-6-16-19(12-27-18)30-31-22(16)23-28-20-11-26-10-17(21(20)29-23)14-3-2-4-24-8-14/h2-12H,1H3,(H,28,29)(H,30,31). The lowest BCUT2D eigenvalue weighted by Gasteiger charge is -2.02. The molecule has 0 aromatic carbocycles. The molecule has 6 heterocycles. The van der Waals surface area contributed by atoms with Crippen LogP contribution in [0.15, 0.2) is 67.6 Å². The molecule has 0 saturated heterocycles. The van der Waals surface area contributed by atoms with Gasteiger partial charge in [0.25, 0.3) is 0 Å². The van der Waals surface area contributed by atoms with E-state index in [1.807, 2.05) is 43.7 Å². The normalized spacial score (nSPS) is 11.4. The molecule has 0 atom stereocenters. The molecule has 8 nitrogen and oxygen atoms in total. The van der Waals surface area contributed by atoms with E-state index in [0.717, 1.165) is 55.6 Å². The zero-order valence-electron chi connectivity index (χ0n) is 16.5. The van der Waals surface area contributed by atoms with Crippen LogP contribution < -0.4 is 0 Å². The first kappa shape index (κ1) is 17.4. The van der Waals surface area contributed by atoms with Crippen LogP contribution in [0.2, 0.25) is 0 Å². The van der Waals surface area contributed by atoms with E-state index in [-0.39, 0.29) is 0 Å². The summed E-state index contributed by atoms with van der Waals surface area (Å²) in [5.74, 6) is 0.666. The highest BCUT2D eigenvalue weighted by atomic mass is 15.1. The number of hydrogen-bond donors (Lipinski definition) is 2. The van der Waals surface area contributed by atoms with Gasteiger partial charge in [-0.05, 0) is 30.7 Å². The molecule has 0 aliphatic heterocycles. The third-order valence-corrected chi connectivity index (χ3v) is 5.21. The van der Waals surface area contributed by atoms with Crippen molar-refractivity contribution in [3.8, 4) is 33.9 Å². The van der Waals surface area contributed by atoms with Gasteiger partial charge in [-0.2, -0.15) is 5.10 Å². The molecule has 0 fully saturated rings. The summed E-state index contributed by atoms with van der Waals surface area (Å²) in [4.78, 5) is 25.6. The SMILES string of the molecule is Cc1cncc(-c2cc3c(-c4nc5c(-c6cccnc6)cncc5[nH]4)n[nH]c3cn2)c1. The van der Waals surface area contributed by atoms with Crippen LogP contribution in [-0.2, 0) is 0 Å². The molecule has 0 saturated carbocycles. The van der Waals surface area contributed by atoms with Crippen molar-refractivity contribution >= 4 is 21.9 Å². The van der Waals surface area contributed by atoms with E-state index in [9.17, 15) is 0 Å². The Bertz CT molecular complexity index is 1550. The minimum Gasteiger partial charge on any atom is -0.335 e. The van der Waals surface area contributed by atoms with Crippen LogP contribution in [0.1, 0.15) is 5.56 Å². The van der Waals surface area contributed by atoms with Crippen LogP contribution in [0.25, 0.3) is 55.8 Å². The van der Waals surface area contributed by atoms with Crippen molar-refractivity contribution < 1.29 is 0 Å². The number of nitrogens with one attached hydrogen (secondary N) is 2. The van der Waals surface area contributed by atoms with Crippen molar-refractivity contribution in [2.75, 3.05) is 0 Å². The number of aryl methyl sites for hydroxylation is 1. The van der Waals surface area contributed by atoms with Gasteiger partial charge in [0.05, 0.1) is 29.1 Å².